The molecule has 0 bridgehead atoms. The number of nitrogens with one attached hydrogen (secondary N) is 1. The van der Waals surface area contributed by atoms with E-state index in [9.17, 15) is 4.79 Å². The van der Waals surface area contributed by atoms with Crippen molar-refractivity contribution in [2.75, 3.05) is 7.11 Å². The predicted molar refractivity (Wildman–Crippen MR) is 114 cm³/mol. The highest BCUT2D eigenvalue weighted by Gasteiger charge is 2.14. The fourth-order valence-corrected chi connectivity index (χ4v) is 3.25. The molecule has 1 amide bonds. The van der Waals surface area contributed by atoms with Gasteiger partial charge < -0.3 is 10.1 Å². The van der Waals surface area contributed by atoms with Crippen molar-refractivity contribution >= 4 is 16.8 Å². The number of benzene rings is 2. The highest BCUT2D eigenvalue weighted by Crippen LogP contribution is 2.28. The summed E-state index contributed by atoms with van der Waals surface area (Å²) in [5, 5.41) is 3.90. The van der Waals surface area contributed by atoms with Gasteiger partial charge in [0.2, 0.25) is 0 Å². The molecule has 0 saturated carbocycles. The molecule has 0 aliphatic carbocycles. The van der Waals surface area contributed by atoms with Gasteiger partial charge in [-0.3, -0.25) is 9.78 Å². The van der Waals surface area contributed by atoms with E-state index in [1.807, 2.05) is 67.6 Å². The SMILES string of the molecule is COc1ccc(-c2cncc3ccc(C(=O)N[C@@H](C)c4ccccc4)nc23)cc1. The van der Waals surface area contributed by atoms with E-state index >= 15 is 0 Å². The number of nitrogens with zero attached hydrogens (tertiary/aromatic N) is 2. The van der Waals surface area contributed by atoms with Crippen LogP contribution in [0.15, 0.2) is 79.1 Å². The topological polar surface area (TPSA) is 64.1 Å². The Bertz CT molecular complexity index is 1140. The number of rotatable bonds is 5. The Morgan fingerprint density at radius 1 is 0.966 bits per heavy atom. The lowest BCUT2D eigenvalue weighted by molar-refractivity contribution is 0.0935. The monoisotopic (exact) mass is 383 g/mol. The van der Waals surface area contributed by atoms with Gasteiger partial charge in [-0.15, -0.1) is 0 Å². The van der Waals surface area contributed by atoms with Crippen molar-refractivity contribution in [2.24, 2.45) is 0 Å². The maximum absolute atomic E-state index is 12.8. The molecule has 2 heterocycles. The van der Waals surface area contributed by atoms with E-state index in [0.29, 0.717) is 5.69 Å². The number of hydrogen-bond acceptors (Lipinski definition) is 4. The third-order valence-electron chi connectivity index (χ3n) is 4.88. The van der Waals surface area contributed by atoms with Crippen molar-refractivity contribution in [3.8, 4) is 16.9 Å². The second-order valence-corrected chi connectivity index (χ2v) is 6.79. The van der Waals surface area contributed by atoms with Gasteiger partial charge in [0.05, 0.1) is 18.7 Å². The Labute approximate surface area is 169 Å². The van der Waals surface area contributed by atoms with Gasteiger partial charge in [0.15, 0.2) is 0 Å². The second-order valence-electron chi connectivity index (χ2n) is 6.79. The molecule has 144 valence electrons. The fourth-order valence-electron chi connectivity index (χ4n) is 3.25. The van der Waals surface area contributed by atoms with Gasteiger partial charge in [-0.2, -0.15) is 0 Å². The number of aromatic nitrogens is 2. The molecule has 0 fully saturated rings. The maximum Gasteiger partial charge on any atom is 0.270 e. The molecule has 0 aliphatic rings. The van der Waals surface area contributed by atoms with Gasteiger partial charge in [-0.1, -0.05) is 42.5 Å². The summed E-state index contributed by atoms with van der Waals surface area (Å²) in [5.74, 6) is 0.575. The quantitative estimate of drug-likeness (QED) is 0.538. The lowest BCUT2D eigenvalue weighted by Crippen LogP contribution is -2.27. The third kappa shape index (κ3) is 3.94. The number of ether oxygens (including phenoxy) is 1. The average Bonchev–Trinajstić information content (AvgIpc) is 2.79. The number of amides is 1. The van der Waals surface area contributed by atoms with Crippen LogP contribution in [-0.4, -0.2) is 23.0 Å². The number of pyridine rings is 2. The molecule has 5 heteroatoms. The molecule has 0 spiro atoms. The van der Waals surface area contributed by atoms with E-state index in [1.54, 1.807) is 25.6 Å². The first-order valence-electron chi connectivity index (χ1n) is 9.40. The van der Waals surface area contributed by atoms with Crippen LogP contribution in [0, 0.1) is 0 Å². The van der Waals surface area contributed by atoms with Gasteiger partial charge in [0.1, 0.15) is 11.4 Å². The van der Waals surface area contributed by atoms with E-state index in [2.05, 4.69) is 15.3 Å². The number of hydrogen-bond donors (Lipinski definition) is 1. The van der Waals surface area contributed by atoms with Gasteiger partial charge >= 0.3 is 0 Å². The molecule has 0 aliphatic heterocycles. The van der Waals surface area contributed by atoms with Crippen molar-refractivity contribution in [3.05, 3.63) is 90.4 Å². The van der Waals surface area contributed by atoms with E-state index in [4.69, 9.17) is 4.74 Å². The average molecular weight is 383 g/mol. The van der Waals surface area contributed by atoms with Crippen molar-refractivity contribution in [1.29, 1.82) is 0 Å². The Kier molecular flexibility index (Phi) is 5.20. The van der Waals surface area contributed by atoms with Crippen LogP contribution in [0.1, 0.15) is 29.0 Å². The zero-order valence-corrected chi connectivity index (χ0v) is 16.3. The van der Waals surface area contributed by atoms with Crippen LogP contribution < -0.4 is 10.1 Å². The lowest BCUT2D eigenvalue weighted by atomic mass is 10.0. The van der Waals surface area contributed by atoms with Gasteiger partial charge in [0, 0.05) is 23.3 Å². The summed E-state index contributed by atoms with van der Waals surface area (Å²) in [6.45, 7) is 1.96. The molecular formula is C24H21N3O2. The Hall–Kier alpha value is -3.73. The van der Waals surface area contributed by atoms with Crippen molar-refractivity contribution in [2.45, 2.75) is 13.0 Å². The van der Waals surface area contributed by atoms with Crippen LogP contribution in [0.3, 0.4) is 0 Å². The summed E-state index contributed by atoms with van der Waals surface area (Å²) in [7, 11) is 1.64. The molecule has 0 unspecified atom stereocenters. The van der Waals surface area contributed by atoms with Crippen LogP contribution in [0.5, 0.6) is 5.75 Å². The standard InChI is InChI=1S/C24H21N3O2/c1-16(17-6-4-3-5-7-17)26-24(28)22-13-10-19-14-25-15-21(23(19)27-22)18-8-11-20(29-2)12-9-18/h3-16H,1-2H3,(H,26,28)/t16-/m0/s1. The van der Waals surface area contributed by atoms with Crippen LogP contribution in [0.4, 0.5) is 0 Å². The zero-order valence-electron chi connectivity index (χ0n) is 16.3. The van der Waals surface area contributed by atoms with Crippen LogP contribution >= 0.6 is 0 Å². The molecule has 5 nitrogen and oxygen atoms in total. The zero-order chi connectivity index (χ0) is 20.2. The normalized spacial score (nSPS) is 11.8. The fraction of sp³-hybridized carbons (Fsp3) is 0.125. The Morgan fingerprint density at radius 2 is 1.72 bits per heavy atom. The smallest absolute Gasteiger partial charge is 0.270 e. The first-order valence-corrected chi connectivity index (χ1v) is 9.40. The third-order valence-corrected chi connectivity index (χ3v) is 4.88. The maximum atomic E-state index is 12.8. The van der Waals surface area contributed by atoms with Gasteiger partial charge in [-0.05, 0) is 42.3 Å². The minimum atomic E-state index is -0.208. The highest BCUT2D eigenvalue weighted by atomic mass is 16.5. The molecule has 4 aromatic rings. The largest absolute Gasteiger partial charge is 0.497 e. The number of methoxy groups -OCH3 is 1. The van der Waals surface area contributed by atoms with Crippen LogP contribution in [-0.2, 0) is 0 Å². The number of carbonyl (C=O) groups is 1. The van der Waals surface area contributed by atoms with Crippen molar-refractivity contribution < 1.29 is 9.53 Å². The summed E-state index contributed by atoms with van der Waals surface area (Å²) in [6, 6.07) is 21.1. The van der Waals surface area contributed by atoms with Gasteiger partial charge in [0.25, 0.3) is 5.91 Å². The van der Waals surface area contributed by atoms with E-state index in [0.717, 1.165) is 33.3 Å². The van der Waals surface area contributed by atoms with Crippen LogP contribution in [0.25, 0.3) is 22.0 Å². The summed E-state index contributed by atoms with van der Waals surface area (Å²) in [4.78, 5) is 21.8. The molecule has 2 aromatic heterocycles. The Morgan fingerprint density at radius 3 is 2.45 bits per heavy atom. The summed E-state index contributed by atoms with van der Waals surface area (Å²) < 4.78 is 5.23. The molecule has 0 saturated heterocycles. The van der Waals surface area contributed by atoms with Crippen molar-refractivity contribution in [1.82, 2.24) is 15.3 Å². The van der Waals surface area contributed by atoms with E-state index < -0.39 is 0 Å². The predicted octanol–water partition coefficient (Wildman–Crippen LogP) is 4.80. The van der Waals surface area contributed by atoms with Crippen LogP contribution in [0.2, 0.25) is 0 Å². The second kappa shape index (κ2) is 8.10. The van der Waals surface area contributed by atoms with Gasteiger partial charge in [-0.25, -0.2) is 4.98 Å². The molecule has 4 rings (SSSR count). The minimum absolute atomic E-state index is 0.111. The minimum Gasteiger partial charge on any atom is -0.497 e. The first-order chi connectivity index (χ1) is 14.2. The van der Waals surface area contributed by atoms with E-state index in [-0.39, 0.29) is 11.9 Å². The molecule has 29 heavy (non-hydrogen) atoms. The molecule has 1 atom stereocenters. The molecular weight excluding hydrogens is 362 g/mol. The van der Waals surface area contributed by atoms with Crippen molar-refractivity contribution in [3.63, 3.8) is 0 Å². The number of carbonyl (C=O) groups excluding carboxylic acids is 1. The lowest BCUT2D eigenvalue weighted by Gasteiger charge is -2.14. The Balaban J connectivity index is 1.66. The first kappa shape index (κ1) is 18.6. The molecule has 0 radical (unpaired) electrons. The molecule has 1 N–H and O–H groups in total. The summed E-state index contributed by atoms with van der Waals surface area (Å²) in [5.41, 5.74) is 4.00. The van der Waals surface area contributed by atoms with E-state index in [1.165, 1.54) is 0 Å². The molecule has 2 aromatic carbocycles. The summed E-state index contributed by atoms with van der Waals surface area (Å²) >= 11 is 0. The number of fused-ring (bicyclic) bond motifs is 1. The summed E-state index contributed by atoms with van der Waals surface area (Å²) in [6.07, 6.45) is 3.52. The highest BCUT2D eigenvalue weighted by molar-refractivity contribution is 5.98.